The maximum atomic E-state index is 13.0. The number of rotatable bonds is 3. The molecule has 0 saturated carbocycles. The van der Waals surface area contributed by atoms with Gasteiger partial charge in [0, 0.05) is 11.3 Å². The van der Waals surface area contributed by atoms with E-state index in [9.17, 15) is 4.39 Å². The summed E-state index contributed by atoms with van der Waals surface area (Å²) in [5.74, 6) is -0.294. The van der Waals surface area contributed by atoms with Crippen LogP contribution in [0.4, 0.5) is 10.1 Å². The Morgan fingerprint density at radius 3 is 2.28 bits per heavy atom. The summed E-state index contributed by atoms with van der Waals surface area (Å²) in [5.41, 5.74) is 11.0. The monoisotopic (exact) mass is 243 g/mol. The van der Waals surface area contributed by atoms with Crippen LogP contribution in [0.2, 0.25) is 0 Å². The minimum absolute atomic E-state index is 0.294. The Kier molecular flexibility index (Phi) is 3.66. The van der Waals surface area contributed by atoms with Crippen molar-refractivity contribution in [2.45, 2.75) is 26.7 Å². The SMILES string of the molecule is CCc1ccc(-c2ccc(F)cc2N)cc1CC. The predicted octanol–water partition coefficient (Wildman–Crippen LogP) is 4.20. The van der Waals surface area contributed by atoms with Crippen molar-refractivity contribution in [3.63, 3.8) is 0 Å². The summed E-state index contributed by atoms with van der Waals surface area (Å²) in [4.78, 5) is 0. The molecule has 0 aliphatic carbocycles. The molecular weight excluding hydrogens is 225 g/mol. The lowest BCUT2D eigenvalue weighted by Crippen LogP contribution is -1.95. The van der Waals surface area contributed by atoms with Crippen molar-refractivity contribution < 1.29 is 4.39 Å². The van der Waals surface area contributed by atoms with E-state index >= 15 is 0 Å². The standard InChI is InChI=1S/C16H18FN/c1-3-11-5-6-13(9-12(11)4-2)15-8-7-14(17)10-16(15)18/h5-10H,3-4,18H2,1-2H3. The highest BCUT2D eigenvalue weighted by Gasteiger charge is 2.06. The van der Waals surface area contributed by atoms with Crippen molar-refractivity contribution in [1.82, 2.24) is 0 Å². The Morgan fingerprint density at radius 1 is 0.944 bits per heavy atom. The molecule has 2 aromatic rings. The summed E-state index contributed by atoms with van der Waals surface area (Å²) in [6.45, 7) is 4.30. The van der Waals surface area contributed by atoms with Gasteiger partial charge in [0.05, 0.1) is 0 Å². The molecule has 0 aliphatic heterocycles. The van der Waals surface area contributed by atoms with Gasteiger partial charge in [-0.3, -0.25) is 0 Å². The lowest BCUT2D eigenvalue weighted by atomic mass is 9.96. The van der Waals surface area contributed by atoms with Gasteiger partial charge < -0.3 is 5.73 Å². The average molecular weight is 243 g/mol. The predicted molar refractivity (Wildman–Crippen MR) is 75.0 cm³/mol. The molecule has 2 rings (SSSR count). The minimum Gasteiger partial charge on any atom is -0.398 e. The molecule has 2 N–H and O–H groups in total. The third-order valence-electron chi connectivity index (χ3n) is 3.29. The van der Waals surface area contributed by atoms with E-state index in [0.29, 0.717) is 5.69 Å². The third-order valence-corrected chi connectivity index (χ3v) is 3.29. The first-order chi connectivity index (χ1) is 8.65. The van der Waals surface area contributed by atoms with Gasteiger partial charge in [-0.05, 0) is 47.7 Å². The molecule has 0 amide bonds. The summed E-state index contributed by atoms with van der Waals surface area (Å²) >= 11 is 0. The lowest BCUT2D eigenvalue weighted by Gasteiger charge is -2.11. The molecule has 0 heterocycles. The van der Waals surface area contributed by atoms with Crippen LogP contribution in [0, 0.1) is 5.82 Å². The van der Waals surface area contributed by atoms with E-state index in [1.54, 1.807) is 6.07 Å². The normalized spacial score (nSPS) is 10.6. The number of nitrogen functional groups attached to an aromatic ring is 1. The molecule has 2 aromatic carbocycles. The molecule has 0 radical (unpaired) electrons. The highest BCUT2D eigenvalue weighted by Crippen LogP contribution is 2.28. The van der Waals surface area contributed by atoms with Crippen LogP contribution in [0.15, 0.2) is 36.4 Å². The number of nitrogens with two attached hydrogens (primary N) is 1. The second-order valence-electron chi connectivity index (χ2n) is 4.42. The Labute approximate surface area is 107 Å². The summed E-state index contributed by atoms with van der Waals surface area (Å²) in [5, 5.41) is 0. The second-order valence-corrected chi connectivity index (χ2v) is 4.42. The van der Waals surface area contributed by atoms with Gasteiger partial charge in [-0.25, -0.2) is 4.39 Å². The quantitative estimate of drug-likeness (QED) is 0.803. The second kappa shape index (κ2) is 5.21. The summed E-state index contributed by atoms with van der Waals surface area (Å²) in [7, 11) is 0. The lowest BCUT2D eigenvalue weighted by molar-refractivity contribution is 0.628. The van der Waals surface area contributed by atoms with Crippen LogP contribution in [-0.4, -0.2) is 0 Å². The molecule has 2 heteroatoms. The number of benzene rings is 2. The zero-order valence-corrected chi connectivity index (χ0v) is 10.8. The zero-order valence-electron chi connectivity index (χ0n) is 10.8. The molecule has 0 bridgehead atoms. The highest BCUT2D eigenvalue weighted by molar-refractivity contribution is 5.76. The van der Waals surface area contributed by atoms with Crippen LogP contribution in [0.3, 0.4) is 0 Å². The highest BCUT2D eigenvalue weighted by atomic mass is 19.1. The topological polar surface area (TPSA) is 26.0 Å². The molecular formula is C16H18FN. The van der Waals surface area contributed by atoms with Crippen LogP contribution >= 0.6 is 0 Å². The molecule has 1 nitrogen and oxygen atoms in total. The van der Waals surface area contributed by atoms with Gasteiger partial charge in [0.2, 0.25) is 0 Å². The molecule has 0 saturated heterocycles. The van der Waals surface area contributed by atoms with Crippen molar-refractivity contribution in [3.05, 3.63) is 53.3 Å². The number of hydrogen-bond donors (Lipinski definition) is 1. The van der Waals surface area contributed by atoms with Crippen LogP contribution in [0.5, 0.6) is 0 Å². The summed E-state index contributed by atoms with van der Waals surface area (Å²) < 4.78 is 13.0. The van der Waals surface area contributed by atoms with Crippen molar-refractivity contribution in [3.8, 4) is 11.1 Å². The fourth-order valence-corrected chi connectivity index (χ4v) is 2.26. The zero-order chi connectivity index (χ0) is 13.1. The van der Waals surface area contributed by atoms with Crippen LogP contribution in [0.1, 0.15) is 25.0 Å². The largest absolute Gasteiger partial charge is 0.398 e. The smallest absolute Gasteiger partial charge is 0.125 e. The molecule has 0 spiro atoms. The number of anilines is 1. The molecule has 0 aromatic heterocycles. The molecule has 0 fully saturated rings. The van der Waals surface area contributed by atoms with Gasteiger partial charge in [0.1, 0.15) is 5.82 Å². The fourth-order valence-electron chi connectivity index (χ4n) is 2.26. The van der Waals surface area contributed by atoms with Crippen molar-refractivity contribution in [2.75, 3.05) is 5.73 Å². The molecule has 18 heavy (non-hydrogen) atoms. The Balaban J connectivity index is 2.51. The Hall–Kier alpha value is -1.83. The summed E-state index contributed by atoms with van der Waals surface area (Å²) in [6.07, 6.45) is 2.03. The van der Waals surface area contributed by atoms with E-state index < -0.39 is 0 Å². The van der Waals surface area contributed by atoms with E-state index in [-0.39, 0.29) is 5.82 Å². The van der Waals surface area contributed by atoms with E-state index in [0.717, 1.165) is 24.0 Å². The van der Waals surface area contributed by atoms with E-state index in [1.807, 2.05) is 0 Å². The fraction of sp³-hybridized carbons (Fsp3) is 0.250. The molecule has 94 valence electrons. The molecule has 0 unspecified atom stereocenters. The first-order valence-electron chi connectivity index (χ1n) is 6.33. The molecule has 0 atom stereocenters. The first kappa shape index (κ1) is 12.6. The number of halogens is 1. The van der Waals surface area contributed by atoms with E-state index in [4.69, 9.17) is 5.73 Å². The van der Waals surface area contributed by atoms with E-state index in [2.05, 4.69) is 32.0 Å². The van der Waals surface area contributed by atoms with E-state index in [1.165, 1.54) is 23.3 Å². The maximum absolute atomic E-state index is 13.0. The Morgan fingerprint density at radius 2 is 1.67 bits per heavy atom. The Bertz CT molecular complexity index is 561. The molecule has 0 aliphatic rings. The first-order valence-corrected chi connectivity index (χ1v) is 6.33. The minimum atomic E-state index is -0.294. The van der Waals surface area contributed by atoms with Crippen molar-refractivity contribution in [1.29, 1.82) is 0 Å². The van der Waals surface area contributed by atoms with Crippen molar-refractivity contribution >= 4 is 5.69 Å². The van der Waals surface area contributed by atoms with Gasteiger partial charge in [0.25, 0.3) is 0 Å². The van der Waals surface area contributed by atoms with Crippen molar-refractivity contribution in [2.24, 2.45) is 0 Å². The van der Waals surface area contributed by atoms with Gasteiger partial charge in [-0.1, -0.05) is 32.0 Å². The van der Waals surface area contributed by atoms with Gasteiger partial charge in [0.15, 0.2) is 0 Å². The van der Waals surface area contributed by atoms with Crippen LogP contribution in [0.25, 0.3) is 11.1 Å². The summed E-state index contributed by atoms with van der Waals surface area (Å²) in [6, 6.07) is 10.9. The average Bonchev–Trinajstić information content (AvgIpc) is 2.38. The number of hydrogen-bond acceptors (Lipinski definition) is 1. The van der Waals surface area contributed by atoms with Gasteiger partial charge in [-0.2, -0.15) is 0 Å². The van der Waals surface area contributed by atoms with Crippen LogP contribution in [-0.2, 0) is 12.8 Å². The number of aryl methyl sites for hydroxylation is 2. The van der Waals surface area contributed by atoms with Gasteiger partial charge >= 0.3 is 0 Å². The van der Waals surface area contributed by atoms with Gasteiger partial charge in [-0.15, -0.1) is 0 Å². The maximum Gasteiger partial charge on any atom is 0.125 e. The third kappa shape index (κ3) is 2.37. The van der Waals surface area contributed by atoms with Crippen LogP contribution < -0.4 is 5.73 Å².